The third kappa shape index (κ3) is 3.63. The highest BCUT2D eigenvalue weighted by atomic mass is 16.5. The van der Waals surface area contributed by atoms with Crippen LogP contribution in [0.1, 0.15) is 23.5 Å². The highest BCUT2D eigenvalue weighted by Gasteiger charge is 2.27. The number of benzene rings is 2. The topological polar surface area (TPSA) is 111 Å². The molecule has 7 heteroatoms. The highest BCUT2D eigenvalue weighted by Crippen LogP contribution is 2.39. The third-order valence-corrected chi connectivity index (χ3v) is 5.70. The number of aliphatic hydroxyl groups is 3. The molecule has 4 rings (SSSR count). The zero-order valence-electron chi connectivity index (χ0n) is 16.9. The van der Waals surface area contributed by atoms with Crippen LogP contribution in [-0.2, 0) is 0 Å². The highest BCUT2D eigenvalue weighted by molar-refractivity contribution is 5.89. The summed E-state index contributed by atoms with van der Waals surface area (Å²) in [5.41, 5.74) is 3.84. The molecule has 0 saturated heterocycles. The summed E-state index contributed by atoms with van der Waals surface area (Å²) in [7, 11) is 3.25. The monoisotopic (exact) mass is 410 g/mol. The van der Waals surface area contributed by atoms with Gasteiger partial charge in [0, 0.05) is 40.1 Å². The number of ether oxygens (including phenoxy) is 2. The molecule has 2 aromatic heterocycles. The molecule has 0 amide bonds. The van der Waals surface area contributed by atoms with Crippen molar-refractivity contribution < 1.29 is 24.8 Å². The second-order valence-corrected chi connectivity index (χ2v) is 7.42. The van der Waals surface area contributed by atoms with Crippen molar-refractivity contribution in [3.05, 3.63) is 59.9 Å². The van der Waals surface area contributed by atoms with Gasteiger partial charge in [-0.2, -0.15) is 0 Å². The van der Waals surface area contributed by atoms with Crippen LogP contribution >= 0.6 is 0 Å². The first-order chi connectivity index (χ1) is 14.5. The van der Waals surface area contributed by atoms with Crippen molar-refractivity contribution in [2.24, 2.45) is 0 Å². The number of hydrogen-bond acceptors (Lipinski definition) is 5. The first kappa shape index (κ1) is 20.3. The van der Waals surface area contributed by atoms with Crippen molar-refractivity contribution in [1.82, 2.24) is 9.97 Å². The van der Waals surface area contributed by atoms with E-state index in [1.54, 1.807) is 14.2 Å². The van der Waals surface area contributed by atoms with Gasteiger partial charge in [0.1, 0.15) is 17.6 Å². The molecule has 0 fully saturated rings. The Hall–Kier alpha value is -3.00. The van der Waals surface area contributed by atoms with Crippen LogP contribution in [0.15, 0.2) is 48.8 Å². The number of H-pyrrole nitrogens is 2. The number of methoxy groups -OCH3 is 2. The van der Waals surface area contributed by atoms with Gasteiger partial charge in [-0.15, -0.1) is 0 Å². The van der Waals surface area contributed by atoms with Crippen molar-refractivity contribution in [1.29, 1.82) is 0 Å². The summed E-state index contributed by atoms with van der Waals surface area (Å²) in [4.78, 5) is 6.57. The fourth-order valence-corrected chi connectivity index (χ4v) is 4.01. The molecular formula is C23H26N2O5. The summed E-state index contributed by atoms with van der Waals surface area (Å²) in [6.45, 7) is -0.503. The van der Waals surface area contributed by atoms with E-state index in [1.807, 2.05) is 48.8 Å². The maximum atomic E-state index is 10.6. The zero-order chi connectivity index (χ0) is 21.3. The second kappa shape index (κ2) is 8.39. The lowest BCUT2D eigenvalue weighted by molar-refractivity contribution is -0.0191. The maximum absolute atomic E-state index is 10.6. The van der Waals surface area contributed by atoms with Gasteiger partial charge in [0.25, 0.3) is 0 Å². The molecule has 2 atom stereocenters. The van der Waals surface area contributed by atoms with Crippen LogP contribution in [0.4, 0.5) is 0 Å². The molecule has 30 heavy (non-hydrogen) atoms. The standard InChI is InChI=1S/C23H26N2O5/c1-29-13-3-5-20-16(7-13)18(10-24-20)15(9-22(27)23(28)12-26)19-11-25-21-6-4-14(30-2)8-17(19)21/h3-8,10-11,15,22-28H,9,12H2,1-2H3/t22-,23+/m0/s1. The number of aromatic amines is 2. The fraction of sp³-hybridized carbons (Fsp3) is 0.304. The summed E-state index contributed by atoms with van der Waals surface area (Å²) < 4.78 is 10.8. The van der Waals surface area contributed by atoms with Crippen LogP contribution < -0.4 is 9.47 Å². The van der Waals surface area contributed by atoms with Crippen LogP contribution in [0.2, 0.25) is 0 Å². The van der Waals surface area contributed by atoms with E-state index in [1.165, 1.54) is 0 Å². The first-order valence-corrected chi connectivity index (χ1v) is 9.82. The largest absolute Gasteiger partial charge is 0.497 e. The van der Waals surface area contributed by atoms with Gasteiger partial charge in [-0.05, 0) is 53.9 Å². The van der Waals surface area contributed by atoms with Gasteiger partial charge >= 0.3 is 0 Å². The molecule has 7 nitrogen and oxygen atoms in total. The van der Waals surface area contributed by atoms with Crippen molar-refractivity contribution in [3.8, 4) is 11.5 Å². The SMILES string of the molecule is COc1ccc2[nH]cc(C(C[C@H](O)[C@H](O)CO)c3c[nH]c4ccc(OC)cc34)c2c1. The molecule has 0 bridgehead atoms. The summed E-state index contributed by atoms with van der Waals surface area (Å²) >= 11 is 0. The predicted molar refractivity (Wildman–Crippen MR) is 115 cm³/mol. The number of aliphatic hydroxyl groups excluding tert-OH is 3. The summed E-state index contributed by atoms with van der Waals surface area (Å²) in [5.74, 6) is 1.22. The van der Waals surface area contributed by atoms with E-state index < -0.39 is 18.8 Å². The lowest BCUT2D eigenvalue weighted by Crippen LogP contribution is -2.31. The Labute approximate surface area is 173 Å². The van der Waals surface area contributed by atoms with E-state index in [9.17, 15) is 15.3 Å². The molecule has 4 aromatic rings. The molecule has 0 aliphatic heterocycles. The number of fused-ring (bicyclic) bond motifs is 2. The molecule has 0 aliphatic carbocycles. The molecule has 2 aromatic carbocycles. The van der Waals surface area contributed by atoms with E-state index >= 15 is 0 Å². The van der Waals surface area contributed by atoms with Gasteiger partial charge < -0.3 is 34.8 Å². The molecule has 0 spiro atoms. The van der Waals surface area contributed by atoms with E-state index in [0.29, 0.717) is 0 Å². The lowest BCUT2D eigenvalue weighted by atomic mass is 9.85. The Morgan fingerprint density at radius 3 is 1.73 bits per heavy atom. The molecule has 2 heterocycles. The Balaban J connectivity index is 1.88. The van der Waals surface area contributed by atoms with Crippen LogP contribution in [0.3, 0.4) is 0 Å². The van der Waals surface area contributed by atoms with E-state index in [4.69, 9.17) is 9.47 Å². The zero-order valence-corrected chi connectivity index (χ0v) is 16.9. The molecule has 5 N–H and O–H groups in total. The van der Waals surface area contributed by atoms with Gasteiger partial charge in [-0.1, -0.05) is 0 Å². The van der Waals surface area contributed by atoms with E-state index in [0.717, 1.165) is 44.4 Å². The number of aromatic nitrogens is 2. The lowest BCUT2D eigenvalue weighted by Gasteiger charge is -2.23. The Bertz CT molecular complexity index is 1070. The Morgan fingerprint density at radius 2 is 1.30 bits per heavy atom. The Morgan fingerprint density at radius 1 is 0.800 bits per heavy atom. The molecular weight excluding hydrogens is 384 g/mol. The number of nitrogens with one attached hydrogen (secondary N) is 2. The van der Waals surface area contributed by atoms with Gasteiger partial charge in [-0.3, -0.25) is 0 Å². The summed E-state index contributed by atoms with van der Waals surface area (Å²) in [6, 6.07) is 11.6. The molecule has 0 unspecified atom stereocenters. The van der Waals surface area contributed by atoms with Gasteiger partial charge in [-0.25, -0.2) is 0 Å². The quantitative estimate of drug-likeness (QED) is 0.307. The number of hydrogen-bond donors (Lipinski definition) is 5. The van der Waals surface area contributed by atoms with Crippen molar-refractivity contribution in [2.75, 3.05) is 20.8 Å². The Kier molecular flexibility index (Phi) is 5.67. The third-order valence-electron chi connectivity index (χ3n) is 5.70. The molecule has 0 saturated carbocycles. The summed E-state index contributed by atoms with van der Waals surface area (Å²) in [6.07, 6.45) is 1.77. The van der Waals surface area contributed by atoms with E-state index in [-0.39, 0.29) is 12.3 Å². The minimum absolute atomic E-state index is 0.232. The van der Waals surface area contributed by atoms with Crippen LogP contribution in [0.25, 0.3) is 21.8 Å². The molecule has 158 valence electrons. The smallest absolute Gasteiger partial charge is 0.119 e. The van der Waals surface area contributed by atoms with Crippen molar-refractivity contribution in [2.45, 2.75) is 24.5 Å². The van der Waals surface area contributed by atoms with Gasteiger partial charge in [0.05, 0.1) is 26.9 Å². The predicted octanol–water partition coefficient (Wildman–Crippen LogP) is 2.90. The maximum Gasteiger partial charge on any atom is 0.119 e. The summed E-state index contributed by atoms with van der Waals surface area (Å²) in [5, 5.41) is 31.8. The minimum atomic E-state index is -1.22. The number of rotatable bonds is 8. The van der Waals surface area contributed by atoms with Crippen molar-refractivity contribution >= 4 is 21.8 Å². The van der Waals surface area contributed by atoms with E-state index in [2.05, 4.69) is 9.97 Å². The van der Waals surface area contributed by atoms with Gasteiger partial charge in [0.2, 0.25) is 0 Å². The molecule has 0 radical (unpaired) electrons. The second-order valence-electron chi connectivity index (χ2n) is 7.42. The van der Waals surface area contributed by atoms with Crippen LogP contribution in [0.5, 0.6) is 11.5 Å². The fourth-order valence-electron chi connectivity index (χ4n) is 4.01. The average molecular weight is 410 g/mol. The van der Waals surface area contributed by atoms with Crippen LogP contribution in [0, 0.1) is 0 Å². The normalized spacial score (nSPS) is 13.8. The average Bonchev–Trinajstić information content (AvgIpc) is 3.39. The molecule has 0 aliphatic rings. The van der Waals surface area contributed by atoms with Gasteiger partial charge in [0.15, 0.2) is 0 Å². The van der Waals surface area contributed by atoms with Crippen molar-refractivity contribution in [3.63, 3.8) is 0 Å². The minimum Gasteiger partial charge on any atom is -0.497 e. The van der Waals surface area contributed by atoms with Crippen LogP contribution in [-0.4, -0.2) is 58.3 Å². The first-order valence-electron chi connectivity index (χ1n) is 9.82.